The quantitative estimate of drug-likeness (QED) is 0.796. The maximum Gasteiger partial charge on any atom is 0.236 e. The molecule has 0 aromatic carbocycles. The van der Waals surface area contributed by atoms with E-state index in [2.05, 4.69) is 18.7 Å². The Morgan fingerprint density at radius 2 is 1.89 bits per heavy atom. The summed E-state index contributed by atoms with van der Waals surface area (Å²) < 4.78 is 0. The molecule has 0 saturated carbocycles. The first-order valence-electron chi connectivity index (χ1n) is 7.32. The molecule has 2 rings (SSSR count). The summed E-state index contributed by atoms with van der Waals surface area (Å²) in [7, 11) is 0. The van der Waals surface area contributed by atoms with Crippen LogP contribution in [0.15, 0.2) is 0 Å². The summed E-state index contributed by atoms with van der Waals surface area (Å²) in [5.41, 5.74) is 5.47. The maximum atomic E-state index is 11.7. The minimum atomic E-state index is 0.109. The molecule has 0 aromatic heterocycles. The predicted octanol–water partition coefficient (Wildman–Crippen LogP) is 0.914. The molecular formula is C14H27N3O. The number of nitrogens with two attached hydrogens (primary N) is 1. The summed E-state index contributed by atoms with van der Waals surface area (Å²) in [4.78, 5) is 16.3. The molecule has 2 aliphatic rings. The molecular weight excluding hydrogens is 226 g/mol. The van der Waals surface area contributed by atoms with Crippen molar-refractivity contribution in [1.82, 2.24) is 9.80 Å². The van der Waals surface area contributed by atoms with Gasteiger partial charge in [0, 0.05) is 32.2 Å². The Morgan fingerprint density at radius 3 is 2.50 bits per heavy atom. The lowest BCUT2D eigenvalue weighted by atomic mass is 9.89. The highest BCUT2D eigenvalue weighted by Gasteiger charge is 2.31. The van der Waals surface area contributed by atoms with Crippen molar-refractivity contribution in [3.63, 3.8) is 0 Å². The monoisotopic (exact) mass is 253 g/mol. The van der Waals surface area contributed by atoms with E-state index in [0.29, 0.717) is 6.04 Å². The van der Waals surface area contributed by atoms with E-state index in [9.17, 15) is 4.79 Å². The predicted molar refractivity (Wildman–Crippen MR) is 73.2 cm³/mol. The van der Waals surface area contributed by atoms with E-state index in [-0.39, 0.29) is 12.5 Å². The summed E-state index contributed by atoms with van der Waals surface area (Å²) in [5.74, 6) is 1.68. The van der Waals surface area contributed by atoms with Crippen molar-refractivity contribution < 1.29 is 4.79 Å². The summed E-state index contributed by atoms with van der Waals surface area (Å²) >= 11 is 0. The Bertz CT molecular complexity index is 285. The van der Waals surface area contributed by atoms with Gasteiger partial charge >= 0.3 is 0 Å². The lowest BCUT2D eigenvalue weighted by Crippen LogP contribution is -2.54. The zero-order valence-corrected chi connectivity index (χ0v) is 11.8. The van der Waals surface area contributed by atoms with Crippen LogP contribution in [0, 0.1) is 11.8 Å². The molecule has 4 heteroatoms. The molecule has 3 atom stereocenters. The molecule has 1 amide bonds. The standard InChI is InChI=1S/C14H27N3O/c1-11-6-12(2)9-17(8-11)13-4-3-5-16(10-13)14(18)7-15/h11-13H,3-10,15H2,1-2H3. The highest BCUT2D eigenvalue weighted by Crippen LogP contribution is 2.26. The number of hydrogen-bond acceptors (Lipinski definition) is 3. The minimum absolute atomic E-state index is 0.109. The van der Waals surface area contributed by atoms with Gasteiger partial charge in [0.2, 0.25) is 5.91 Å². The Kier molecular flexibility index (Phi) is 4.62. The summed E-state index contributed by atoms with van der Waals surface area (Å²) in [5, 5.41) is 0. The van der Waals surface area contributed by atoms with Gasteiger partial charge in [-0.25, -0.2) is 0 Å². The largest absolute Gasteiger partial charge is 0.340 e. The Labute approximate surface area is 110 Å². The van der Waals surface area contributed by atoms with Crippen LogP contribution in [0.4, 0.5) is 0 Å². The van der Waals surface area contributed by atoms with E-state index in [1.807, 2.05) is 4.90 Å². The zero-order chi connectivity index (χ0) is 13.1. The Morgan fingerprint density at radius 1 is 1.22 bits per heavy atom. The second-order valence-electron chi connectivity index (χ2n) is 6.24. The Hall–Kier alpha value is -0.610. The van der Waals surface area contributed by atoms with Crippen molar-refractivity contribution in [2.75, 3.05) is 32.7 Å². The maximum absolute atomic E-state index is 11.7. The smallest absolute Gasteiger partial charge is 0.236 e. The molecule has 2 N–H and O–H groups in total. The summed E-state index contributed by atoms with van der Waals surface area (Å²) in [6.07, 6.45) is 3.69. The van der Waals surface area contributed by atoms with Crippen molar-refractivity contribution in [2.45, 2.75) is 39.2 Å². The molecule has 0 aliphatic carbocycles. The summed E-state index contributed by atoms with van der Waals surface area (Å²) in [6, 6.07) is 0.555. The molecule has 2 heterocycles. The molecule has 3 unspecified atom stereocenters. The van der Waals surface area contributed by atoms with Gasteiger partial charge in [0.15, 0.2) is 0 Å². The van der Waals surface area contributed by atoms with Gasteiger partial charge in [0.1, 0.15) is 0 Å². The lowest BCUT2D eigenvalue weighted by molar-refractivity contribution is -0.132. The molecule has 0 aromatic rings. The van der Waals surface area contributed by atoms with Crippen molar-refractivity contribution in [3.8, 4) is 0 Å². The van der Waals surface area contributed by atoms with E-state index < -0.39 is 0 Å². The third-order valence-electron chi connectivity index (χ3n) is 4.34. The third-order valence-corrected chi connectivity index (χ3v) is 4.34. The highest BCUT2D eigenvalue weighted by molar-refractivity contribution is 5.78. The van der Waals surface area contributed by atoms with Crippen LogP contribution in [0.3, 0.4) is 0 Å². The van der Waals surface area contributed by atoms with Gasteiger partial charge < -0.3 is 10.6 Å². The number of piperidine rings is 2. The van der Waals surface area contributed by atoms with Gasteiger partial charge in [-0.3, -0.25) is 9.69 Å². The van der Waals surface area contributed by atoms with Gasteiger partial charge in [0.05, 0.1) is 6.54 Å². The van der Waals surface area contributed by atoms with E-state index in [1.165, 1.54) is 25.9 Å². The van der Waals surface area contributed by atoms with Gasteiger partial charge in [-0.2, -0.15) is 0 Å². The topological polar surface area (TPSA) is 49.6 Å². The molecule has 2 aliphatic heterocycles. The van der Waals surface area contributed by atoms with Crippen molar-refractivity contribution in [1.29, 1.82) is 0 Å². The van der Waals surface area contributed by atoms with Gasteiger partial charge in [-0.15, -0.1) is 0 Å². The van der Waals surface area contributed by atoms with Crippen LogP contribution in [0.25, 0.3) is 0 Å². The number of likely N-dealkylation sites (tertiary alicyclic amines) is 2. The number of nitrogens with zero attached hydrogens (tertiary/aromatic N) is 2. The fourth-order valence-electron chi connectivity index (χ4n) is 3.62. The van der Waals surface area contributed by atoms with Crippen LogP contribution in [0.1, 0.15) is 33.1 Å². The first-order chi connectivity index (χ1) is 8.60. The van der Waals surface area contributed by atoms with Crippen molar-refractivity contribution >= 4 is 5.91 Å². The molecule has 4 nitrogen and oxygen atoms in total. The number of amides is 1. The van der Waals surface area contributed by atoms with Crippen LogP contribution in [-0.2, 0) is 4.79 Å². The molecule has 2 fully saturated rings. The Balaban J connectivity index is 1.93. The lowest BCUT2D eigenvalue weighted by Gasteiger charge is -2.44. The fourth-order valence-corrected chi connectivity index (χ4v) is 3.62. The average Bonchev–Trinajstić information content (AvgIpc) is 2.37. The van der Waals surface area contributed by atoms with Crippen molar-refractivity contribution in [2.24, 2.45) is 17.6 Å². The van der Waals surface area contributed by atoms with E-state index in [0.717, 1.165) is 31.3 Å². The fraction of sp³-hybridized carbons (Fsp3) is 0.929. The molecule has 0 bridgehead atoms. The molecule has 18 heavy (non-hydrogen) atoms. The number of hydrogen-bond donors (Lipinski definition) is 1. The number of carbonyl (C=O) groups excluding carboxylic acids is 1. The van der Waals surface area contributed by atoms with E-state index in [1.54, 1.807) is 0 Å². The zero-order valence-electron chi connectivity index (χ0n) is 11.8. The van der Waals surface area contributed by atoms with Crippen molar-refractivity contribution in [3.05, 3.63) is 0 Å². The normalized spacial score (nSPS) is 34.6. The van der Waals surface area contributed by atoms with Gasteiger partial charge in [-0.1, -0.05) is 13.8 Å². The molecule has 104 valence electrons. The molecule has 2 saturated heterocycles. The third kappa shape index (κ3) is 3.23. The minimum Gasteiger partial charge on any atom is -0.340 e. The average molecular weight is 253 g/mol. The SMILES string of the molecule is CC1CC(C)CN(C2CCCN(C(=O)CN)C2)C1. The van der Waals surface area contributed by atoms with Crippen LogP contribution in [0.2, 0.25) is 0 Å². The van der Waals surface area contributed by atoms with Crippen LogP contribution < -0.4 is 5.73 Å². The summed E-state index contributed by atoms with van der Waals surface area (Å²) in [6.45, 7) is 9.00. The van der Waals surface area contributed by atoms with Crippen LogP contribution in [0.5, 0.6) is 0 Å². The van der Waals surface area contributed by atoms with Gasteiger partial charge in [-0.05, 0) is 31.1 Å². The molecule has 0 spiro atoms. The second-order valence-corrected chi connectivity index (χ2v) is 6.24. The second kappa shape index (κ2) is 6.02. The molecule has 0 radical (unpaired) electrons. The van der Waals surface area contributed by atoms with E-state index >= 15 is 0 Å². The van der Waals surface area contributed by atoms with Crippen LogP contribution in [-0.4, -0.2) is 54.5 Å². The van der Waals surface area contributed by atoms with Crippen LogP contribution >= 0.6 is 0 Å². The number of carbonyl (C=O) groups is 1. The first-order valence-corrected chi connectivity index (χ1v) is 7.32. The number of rotatable bonds is 2. The van der Waals surface area contributed by atoms with Gasteiger partial charge in [0.25, 0.3) is 0 Å². The first kappa shape index (κ1) is 13.8. The van der Waals surface area contributed by atoms with E-state index in [4.69, 9.17) is 5.73 Å². The highest BCUT2D eigenvalue weighted by atomic mass is 16.2.